The molecule has 0 saturated carbocycles. The lowest BCUT2D eigenvalue weighted by atomic mass is 10.2. The zero-order valence-corrected chi connectivity index (χ0v) is 17.8. The average Bonchev–Trinajstić information content (AvgIpc) is 3.39. The molecule has 0 spiro atoms. The summed E-state index contributed by atoms with van der Waals surface area (Å²) in [4.78, 5) is 7.26. The standard InChI is InChI=1S/C18H33N7O2S/c1-3-17-23-21-14-25(17)10-8-19-18(22-15-7-11-28(26,27)13-15)20-12-16-6-5-9-24(16)4-2/h14-16H,3-13H2,1-2H3,(H2,19,20,22). The molecule has 3 heterocycles. The van der Waals surface area contributed by atoms with E-state index in [1.165, 1.54) is 12.8 Å². The summed E-state index contributed by atoms with van der Waals surface area (Å²) in [6, 6.07) is 0.406. The Balaban J connectivity index is 1.59. The number of rotatable bonds is 8. The molecule has 2 aliphatic heterocycles. The number of likely N-dealkylation sites (N-methyl/N-ethyl adjacent to an activating group) is 1. The number of sulfone groups is 1. The molecule has 158 valence electrons. The number of aliphatic imine (C=N–C) groups is 1. The summed E-state index contributed by atoms with van der Waals surface area (Å²) < 4.78 is 25.6. The van der Waals surface area contributed by atoms with Gasteiger partial charge in [0.2, 0.25) is 0 Å². The van der Waals surface area contributed by atoms with Gasteiger partial charge >= 0.3 is 0 Å². The van der Waals surface area contributed by atoms with E-state index in [1.54, 1.807) is 6.33 Å². The first kappa shape index (κ1) is 21.0. The molecule has 2 fully saturated rings. The minimum Gasteiger partial charge on any atom is -0.355 e. The van der Waals surface area contributed by atoms with Gasteiger partial charge in [0.25, 0.3) is 0 Å². The van der Waals surface area contributed by atoms with Crippen molar-refractivity contribution in [2.45, 2.75) is 58.2 Å². The normalized spacial score (nSPS) is 25.3. The highest BCUT2D eigenvalue weighted by molar-refractivity contribution is 7.91. The van der Waals surface area contributed by atoms with Crippen molar-refractivity contribution in [3.63, 3.8) is 0 Å². The van der Waals surface area contributed by atoms with E-state index in [4.69, 9.17) is 4.99 Å². The number of aryl methyl sites for hydroxylation is 1. The van der Waals surface area contributed by atoms with Crippen LogP contribution in [0.15, 0.2) is 11.3 Å². The van der Waals surface area contributed by atoms with E-state index in [2.05, 4.69) is 39.6 Å². The van der Waals surface area contributed by atoms with E-state index >= 15 is 0 Å². The molecular formula is C18H33N7O2S. The lowest BCUT2D eigenvalue weighted by molar-refractivity contribution is 0.273. The number of nitrogens with zero attached hydrogens (tertiary/aromatic N) is 5. The van der Waals surface area contributed by atoms with Gasteiger partial charge in [-0.3, -0.25) is 9.89 Å². The van der Waals surface area contributed by atoms with E-state index in [0.717, 1.165) is 38.4 Å². The monoisotopic (exact) mass is 411 g/mol. The van der Waals surface area contributed by atoms with Crippen LogP contribution in [0.3, 0.4) is 0 Å². The number of guanidine groups is 1. The predicted molar refractivity (Wildman–Crippen MR) is 110 cm³/mol. The summed E-state index contributed by atoms with van der Waals surface area (Å²) in [6.45, 7) is 8.58. The van der Waals surface area contributed by atoms with E-state index in [-0.39, 0.29) is 17.5 Å². The van der Waals surface area contributed by atoms with Crippen LogP contribution in [0.5, 0.6) is 0 Å². The van der Waals surface area contributed by atoms with Crippen molar-refractivity contribution in [1.29, 1.82) is 0 Å². The van der Waals surface area contributed by atoms with Gasteiger partial charge in [-0.2, -0.15) is 0 Å². The third-order valence-corrected chi connectivity index (χ3v) is 7.36. The molecule has 0 aliphatic carbocycles. The van der Waals surface area contributed by atoms with Gasteiger partial charge in [0, 0.05) is 31.6 Å². The van der Waals surface area contributed by atoms with Crippen LogP contribution in [0.25, 0.3) is 0 Å². The van der Waals surface area contributed by atoms with E-state index in [1.807, 2.05) is 4.57 Å². The van der Waals surface area contributed by atoms with Crippen molar-refractivity contribution in [1.82, 2.24) is 30.3 Å². The van der Waals surface area contributed by atoms with Gasteiger partial charge in [-0.25, -0.2) is 8.42 Å². The molecule has 10 heteroatoms. The van der Waals surface area contributed by atoms with Crippen molar-refractivity contribution >= 4 is 15.8 Å². The first-order chi connectivity index (χ1) is 13.5. The topological polar surface area (TPSA) is 105 Å². The number of hydrogen-bond donors (Lipinski definition) is 2. The maximum absolute atomic E-state index is 11.8. The zero-order valence-electron chi connectivity index (χ0n) is 17.0. The predicted octanol–water partition coefficient (Wildman–Crippen LogP) is 0.0471. The summed E-state index contributed by atoms with van der Waals surface area (Å²) in [5, 5.41) is 14.8. The summed E-state index contributed by atoms with van der Waals surface area (Å²) in [6.07, 6.45) is 5.61. The molecule has 9 nitrogen and oxygen atoms in total. The molecule has 1 aromatic rings. The van der Waals surface area contributed by atoms with Crippen LogP contribution in [0.2, 0.25) is 0 Å². The molecule has 0 amide bonds. The Morgan fingerprint density at radius 1 is 1.36 bits per heavy atom. The number of likely N-dealkylation sites (tertiary alicyclic amines) is 1. The number of aromatic nitrogens is 3. The smallest absolute Gasteiger partial charge is 0.191 e. The maximum Gasteiger partial charge on any atom is 0.191 e. The minimum absolute atomic E-state index is 0.0665. The first-order valence-corrected chi connectivity index (χ1v) is 12.2. The van der Waals surface area contributed by atoms with Crippen LogP contribution in [-0.4, -0.2) is 83.8 Å². The third kappa shape index (κ3) is 5.66. The Bertz CT molecular complexity index is 762. The molecular weight excluding hydrogens is 378 g/mol. The molecule has 28 heavy (non-hydrogen) atoms. The van der Waals surface area contributed by atoms with Crippen LogP contribution < -0.4 is 10.6 Å². The maximum atomic E-state index is 11.8. The molecule has 0 bridgehead atoms. The van der Waals surface area contributed by atoms with Gasteiger partial charge < -0.3 is 15.2 Å². The van der Waals surface area contributed by atoms with Crippen molar-refractivity contribution < 1.29 is 8.42 Å². The highest BCUT2D eigenvalue weighted by Crippen LogP contribution is 2.16. The quantitative estimate of drug-likeness (QED) is 0.460. The molecule has 2 unspecified atom stereocenters. The third-order valence-electron chi connectivity index (χ3n) is 5.60. The second-order valence-corrected chi connectivity index (χ2v) is 9.81. The highest BCUT2D eigenvalue weighted by Gasteiger charge is 2.29. The van der Waals surface area contributed by atoms with Gasteiger partial charge in [0.1, 0.15) is 12.2 Å². The lowest BCUT2D eigenvalue weighted by Crippen LogP contribution is -2.45. The fourth-order valence-corrected chi connectivity index (χ4v) is 5.68. The fourth-order valence-electron chi connectivity index (χ4n) is 4.00. The van der Waals surface area contributed by atoms with E-state index < -0.39 is 9.84 Å². The van der Waals surface area contributed by atoms with Crippen molar-refractivity contribution in [2.75, 3.05) is 37.7 Å². The minimum atomic E-state index is -2.92. The van der Waals surface area contributed by atoms with Crippen LogP contribution in [0.1, 0.15) is 38.9 Å². The van der Waals surface area contributed by atoms with Crippen molar-refractivity contribution in [2.24, 2.45) is 4.99 Å². The van der Waals surface area contributed by atoms with Gasteiger partial charge in [-0.1, -0.05) is 13.8 Å². The fraction of sp³-hybridized carbons (Fsp3) is 0.833. The van der Waals surface area contributed by atoms with Crippen LogP contribution >= 0.6 is 0 Å². The van der Waals surface area contributed by atoms with E-state index in [9.17, 15) is 8.42 Å². The van der Waals surface area contributed by atoms with E-state index in [0.29, 0.717) is 25.0 Å². The van der Waals surface area contributed by atoms with Gasteiger partial charge in [0.05, 0.1) is 18.1 Å². The molecule has 2 atom stereocenters. The Morgan fingerprint density at radius 3 is 2.93 bits per heavy atom. The Kier molecular flexibility index (Phi) is 7.28. The number of hydrogen-bond acceptors (Lipinski definition) is 6. The first-order valence-electron chi connectivity index (χ1n) is 10.4. The van der Waals surface area contributed by atoms with Crippen molar-refractivity contribution in [3.8, 4) is 0 Å². The summed E-state index contributed by atoms with van der Waals surface area (Å²) in [5.74, 6) is 2.10. The molecule has 2 aliphatic rings. The molecule has 2 saturated heterocycles. The molecule has 0 aromatic carbocycles. The second-order valence-electron chi connectivity index (χ2n) is 7.58. The van der Waals surface area contributed by atoms with Gasteiger partial charge in [0.15, 0.2) is 15.8 Å². The highest BCUT2D eigenvalue weighted by atomic mass is 32.2. The lowest BCUT2D eigenvalue weighted by Gasteiger charge is -2.22. The molecule has 1 aromatic heterocycles. The Hall–Kier alpha value is -1.68. The summed E-state index contributed by atoms with van der Waals surface area (Å²) in [7, 11) is -2.92. The SMILES string of the molecule is CCc1nncn1CCNC(=NCC1CCCN1CC)NC1CCS(=O)(=O)C1. The summed E-state index contributed by atoms with van der Waals surface area (Å²) in [5.41, 5.74) is 0. The largest absolute Gasteiger partial charge is 0.355 e. The van der Waals surface area contributed by atoms with Crippen LogP contribution in [-0.2, 0) is 22.8 Å². The Morgan fingerprint density at radius 2 is 2.21 bits per heavy atom. The average molecular weight is 412 g/mol. The zero-order chi connectivity index (χ0) is 20.0. The van der Waals surface area contributed by atoms with Gasteiger partial charge in [-0.05, 0) is 32.4 Å². The van der Waals surface area contributed by atoms with Crippen LogP contribution in [0, 0.1) is 0 Å². The molecule has 3 rings (SSSR count). The van der Waals surface area contributed by atoms with Gasteiger partial charge in [-0.15, -0.1) is 10.2 Å². The molecule has 2 N–H and O–H groups in total. The van der Waals surface area contributed by atoms with Crippen LogP contribution in [0.4, 0.5) is 0 Å². The summed E-state index contributed by atoms with van der Waals surface area (Å²) >= 11 is 0. The van der Waals surface area contributed by atoms with Crippen molar-refractivity contribution in [3.05, 3.63) is 12.2 Å². The second kappa shape index (κ2) is 9.69. The molecule has 0 radical (unpaired) electrons. The Labute approximate surface area is 167 Å². The number of nitrogens with one attached hydrogen (secondary N) is 2.